The average molecular weight is 369 g/mol. The summed E-state index contributed by atoms with van der Waals surface area (Å²) >= 11 is 0. The Hall–Kier alpha value is -2.50. The Morgan fingerprint density at radius 3 is 2.48 bits per heavy atom. The van der Waals surface area contributed by atoms with Crippen LogP contribution < -0.4 is 10.2 Å². The van der Waals surface area contributed by atoms with Crippen molar-refractivity contribution in [3.05, 3.63) is 46.8 Å². The van der Waals surface area contributed by atoms with Crippen LogP contribution in [0.25, 0.3) is 0 Å². The summed E-state index contributed by atoms with van der Waals surface area (Å²) in [5, 5.41) is 7.97. The fourth-order valence-electron chi connectivity index (χ4n) is 3.63. The number of nitrogens with zero attached hydrogens (tertiary/aromatic N) is 5. The molecule has 0 amide bonds. The topological polar surface area (TPSA) is 48.7 Å². The molecule has 0 saturated carbocycles. The van der Waals surface area contributed by atoms with E-state index in [0.717, 1.165) is 44.4 Å². The molecular weight excluding hydrogens is 336 g/mol. The van der Waals surface area contributed by atoms with E-state index >= 15 is 0 Å². The monoisotopic (exact) mass is 368 g/mol. The summed E-state index contributed by atoms with van der Waals surface area (Å²) in [6.07, 6.45) is 0. The molecule has 1 aliphatic heterocycles. The summed E-state index contributed by atoms with van der Waals surface area (Å²) in [7, 11) is 1.99. The smallest absolute Gasteiger partial charge is 0.194 e. The third-order valence-electron chi connectivity index (χ3n) is 5.33. The van der Waals surface area contributed by atoms with E-state index in [-0.39, 0.29) is 0 Å². The van der Waals surface area contributed by atoms with Crippen molar-refractivity contribution < 1.29 is 0 Å². The van der Waals surface area contributed by atoms with Gasteiger partial charge in [0.25, 0.3) is 0 Å². The van der Waals surface area contributed by atoms with Gasteiger partial charge in [0.05, 0.1) is 12.2 Å². The van der Waals surface area contributed by atoms with Crippen LogP contribution >= 0.6 is 0 Å². The van der Waals surface area contributed by atoms with Crippen molar-refractivity contribution in [2.75, 3.05) is 37.6 Å². The lowest BCUT2D eigenvalue weighted by Crippen LogP contribution is -2.52. The van der Waals surface area contributed by atoms with Crippen molar-refractivity contribution in [3.8, 4) is 0 Å². The molecule has 2 aromatic rings. The highest BCUT2D eigenvalue weighted by Gasteiger charge is 2.20. The first-order valence-corrected chi connectivity index (χ1v) is 9.83. The molecule has 146 valence electrons. The van der Waals surface area contributed by atoms with Gasteiger partial charge in [-0.05, 0) is 45.4 Å². The molecule has 1 aromatic heterocycles. The third-order valence-corrected chi connectivity index (χ3v) is 5.33. The average Bonchev–Trinajstić information content (AvgIpc) is 2.91. The lowest BCUT2D eigenvalue weighted by molar-refractivity contribution is 0.372. The van der Waals surface area contributed by atoms with Gasteiger partial charge < -0.3 is 15.1 Å². The zero-order chi connectivity index (χ0) is 19.4. The first-order chi connectivity index (χ1) is 13.0. The van der Waals surface area contributed by atoms with Crippen LogP contribution in [-0.4, -0.2) is 53.4 Å². The quantitative estimate of drug-likeness (QED) is 0.666. The lowest BCUT2D eigenvalue weighted by Gasteiger charge is -2.37. The standard InChI is InChI=1S/C21H32N6/c1-6-22-21(23-15-20-17(3)24-25(5)18(20)4)27-12-10-26(11-13-27)19-9-7-8-16(2)14-19/h7-9,14H,6,10-13,15H2,1-5H3,(H,22,23). The van der Waals surface area contributed by atoms with Crippen molar-refractivity contribution in [1.29, 1.82) is 0 Å². The minimum Gasteiger partial charge on any atom is -0.368 e. The van der Waals surface area contributed by atoms with Gasteiger partial charge in [0.15, 0.2) is 5.96 Å². The van der Waals surface area contributed by atoms with E-state index < -0.39 is 0 Å². The maximum atomic E-state index is 4.91. The van der Waals surface area contributed by atoms with Gasteiger partial charge in [0.1, 0.15) is 0 Å². The number of piperazine rings is 1. The summed E-state index contributed by atoms with van der Waals surface area (Å²) < 4.78 is 1.94. The van der Waals surface area contributed by atoms with Crippen LogP contribution in [0.4, 0.5) is 5.69 Å². The van der Waals surface area contributed by atoms with Gasteiger partial charge >= 0.3 is 0 Å². The molecule has 0 bridgehead atoms. The third kappa shape index (κ3) is 4.43. The second kappa shape index (κ2) is 8.46. The first kappa shape index (κ1) is 19.3. The van der Waals surface area contributed by atoms with Crippen LogP contribution in [0.15, 0.2) is 29.3 Å². The Kier molecular flexibility index (Phi) is 6.04. The molecule has 2 heterocycles. The molecule has 1 aromatic carbocycles. The van der Waals surface area contributed by atoms with E-state index in [9.17, 15) is 0 Å². The number of aryl methyl sites for hydroxylation is 3. The van der Waals surface area contributed by atoms with Gasteiger partial charge in [0, 0.05) is 56.7 Å². The van der Waals surface area contributed by atoms with Crippen LogP contribution in [-0.2, 0) is 13.6 Å². The van der Waals surface area contributed by atoms with Gasteiger partial charge in [-0.1, -0.05) is 12.1 Å². The SMILES string of the molecule is CCNC(=NCc1c(C)nn(C)c1C)N1CCN(c2cccc(C)c2)CC1. The zero-order valence-corrected chi connectivity index (χ0v) is 17.3. The van der Waals surface area contributed by atoms with Crippen molar-refractivity contribution >= 4 is 11.6 Å². The molecule has 1 aliphatic rings. The Morgan fingerprint density at radius 2 is 1.89 bits per heavy atom. The maximum Gasteiger partial charge on any atom is 0.194 e. The molecule has 0 aliphatic carbocycles. The summed E-state index contributed by atoms with van der Waals surface area (Å²) in [5.41, 5.74) is 6.12. The highest BCUT2D eigenvalue weighted by Crippen LogP contribution is 2.18. The van der Waals surface area contributed by atoms with E-state index in [2.05, 4.69) is 72.2 Å². The summed E-state index contributed by atoms with van der Waals surface area (Å²) in [6.45, 7) is 14.0. The van der Waals surface area contributed by atoms with Crippen molar-refractivity contribution in [2.24, 2.45) is 12.0 Å². The van der Waals surface area contributed by atoms with Crippen LogP contribution in [0, 0.1) is 20.8 Å². The predicted molar refractivity (Wildman–Crippen MR) is 112 cm³/mol. The minimum absolute atomic E-state index is 0.673. The van der Waals surface area contributed by atoms with E-state index in [0.29, 0.717) is 6.54 Å². The fourth-order valence-corrected chi connectivity index (χ4v) is 3.63. The maximum absolute atomic E-state index is 4.91. The van der Waals surface area contributed by atoms with Crippen LogP contribution in [0.3, 0.4) is 0 Å². The molecule has 6 heteroatoms. The molecule has 0 atom stereocenters. The molecule has 6 nitrogen and oxygen atoms in total. The number of hydrogen-bond acceptors (Lipinski definition) is 3. The number of guanidine groups is 1. The van der Waals surface area contributed by atoms with Gasteiger partial charge in [-0.25, -0.2) is 4.99 Å². The van der Waals surface area contributed by atoms with Gasteiger partial charge in [0.2, 0.25) is 0 Å². The molecule has 0 unspecified atom stereocenters. The van der Waals surface area contributed by atoms with Gasteiger partial charge in [-0.2, -0.15) is 5.10 Å². The Bertz CT molecular complexity index is 799. The molecule has 0 radical (unpaired) electrons. The van der Waals surface area contributed by atoms with Crippen LogP contribution in [0.2, 0.25) is 0 Å². The van der Waals surface area contributed by atoms with Crippen molar-refractivity contribution in [1.82, 2.24) is 20.0 Å². The number of nitrogens with one attached hydrogen (secondary N) is 1. The number of benzene rings is 1. The lowest BCUT2D eigenvalue weighted by atomic mass is 10.2. The van der Waals surface area contributed by atoms with Crippen molar-refractivity contribution in [3.63, 3.8) is 0 Å². The highest BCUT2D eigenvalue weighted by atomic mass is 15.3. The van der Waals surface area contributed by atoms with Crippen molar-refractivity contribution in [2.45, 2.75) is 34.2 Å². The second-order valence-electron chi connectivity index (χ2n) is 7.26. The number of rotatable bonds is 4. The second-order valence-corrected chi connectivity index (χ2v) is 7.26. The number of aromatic nitrogens is 2. The minimum atomic E-state index is 0.673. The Balaban J connectivity index is 1.67. The summed E-state index contributed by atoms with van der Waals surface area (Å²) in [4.78, 5) is 9.75. The molecular formula is C21H32N6. The predicted octanol–water partition coefficient (Wildman–Crippen LogP) is 2.63. The number of hydrogen-bond donors (Lipinski definition) is 1. The van der Waals surface area contributed by atoms with Crippen LogP contribution in [0.5, 0.6) is 0 Å². The molecule has 3 rings (SSSR count). The largest absolute Gasteiger partial charge is 0.368 e. The zero-order valence-electron chi connectivity index (χ0n) is 17.3. The van der Waals surface area contributed by atoms with Gasteiger partial charge in [-0.15, -0.1) is 0 Å². The normalized spacial score (nSPS) is 15.4. The molecule has 0 spiro atoms. The summed E-state index contributed by atoms with van der Waals surface area (Å²) in [6, 6.07) is 8.76. The number of aliphatic imine (C=N–C) groups is 1. The van der Waals surface area contributed by atoms with Crippen LogP contribution in [0.1, 0.15) is 29.4 Å². The Morgan fingerprint density at radius 1 is 1.15 bits per heavy atom. The van der Waals surface area contributed by atoms with E-state index in [1.165, 1.54) is 22.5 Å². The highest BCUT2D eigenvalue weighted by molar-refractivity contribution is 5.80. The molecule has 1 N–H and O–H groups in total. The van der Waals surface area contributed by atoms with E-state index in [1.54, 1.807) is 0 Å². The fraction of sp³-hybridized carbons (Fsp3) is 0.524. The van der Waals surface area contributed by atoms with E-state index in [1.807, 2.05) is 11.7 Å². The molecule has 1 saturated heterocycles. The molecule has 27 heavy (non-hydrogen) atoms. The summed E-state index contributed by atoms with van der Waals surface area (Å²) in [5.74, 6) is 1.00. The van der Waals surface area contributed by atoms with Gasteiger partial charge in [-0.3, -0.25) is 4.68 Å². The molecule has 1 fully saturated rings. The first-order valence-electron chi connectivity index (χ1n) is 9.83. The number of anilines is 1. The Labute approximate surface area is 162 Å². The van der Waals surface area contributed by atoms with E-state index in [4.69, 9.17) is 4.99 Å².